The number of nitro benzene ring substituents is 1. The fourth-order valence-corrected chi connectivity index (χ4v) is 2.67. The lowest BCUT2D eigenvalue weighted by molar-refractivity contribution is -0.385. The molecule has 2 N–H and O–H groups in total. The second-order valence-corrected chi connectivity index (χ2v) is 5.46. The van der Waals surface area contributed by atoms with Gasteiger partial charge in [0.15, 0.2) is 0 Å². The maximum absolute atomic E-state index is 12.2. The molecule has 0 aromatic heterocycles. The molecule has 8 heteroatoms. The monoisotopic (exact) mass is 312 g/mol. The summed E-state index contributed by atoms with van der Waals surface area (Å²) in [7, 11) is 0. The van der Waals surface area contributed by atoms with E-state index in [1.165, 1.54) is 18.2 Å². The molecule has 2 rings (SSSR count). The van der Waals surface area contributed by atoms with Crippen molar-refractivity contribution in [1.29, 1.82) is 0 Å². The van der Waals surface area contributed by atoms with Gasteiger partial charge in [0.05, 0.1) is 16.9 Å². The van der Waals surface area contributed by atoms with E-state index in [0.29, 0.717) is 12.8 Å². The molecule has 0 radical (unpaired) electrons. The zero-order chi connectivity index (χ0) is 15.6. The molecule has 0 spiro atoms. The zero-order valence-electron chi connectivity index (χ0n) is 11.0. The van der Waals surface area contributed by atoms with Crippen LogP contribution in [0.1, 0.15) is 36.0 Å². The highest BCUT2D eigenvalue weighted by Gasteiger charge is 2.41. The quantitative estimate of drug-likeness (QED) is 0.640. The van der Waals surface area contributed by atoms with Gasteiger partial charge in [-0.25, -0.2) is 0 Å². The Morgan fingerprint density at radius 3 is 2.57 bits per heavy atom. The Balaban J connectivity index is 2.27. The van der Waals surface area contributed by atoms with Gasteiger partial charge in [-0.15, -0.1) is 0 Å². The average Bonchev–Trinajstić information content (AvgIpc) is 2.34. The van der Waals surface area contributed by atoms with Crippen LogP contribution in [0.3, 0.4) is 0 Å². The Morgan fingerprint density at radius 2 is 2.10 bits per heavy atom. The molecular formula is C13H13ClN2O5. The first kappa shape index (κ1) is 15.2. The van der Waals surface area contributed by atoms with Crippen molar-refractivity contribution >= 4 is 29.2 Å². The standard InChI is InChI=1S/C13H13ClN2O5/c14-9-4-1-3-8(11(9)16(20)21)12(19)15-13(5-2-6-13)7-10(17)18/h1,3-4H,2,5-7H2,(H,15,19)(H,17,18). The van der Waals surface area contributed by atoms with Gasteiger partial charge in [-0.3, -0.25) is 19.7 Å². The van der Waals surface area contributed by atoms with Crippen molar-refractivity contribution in [3.8, 4) is 0 Å². The predicted molar refractivity (Wildman–Crippen MR) is 74.4 cm³/mol. The van der Waals surface area contributed by atoms with E-state index in [2.05, 4.69) is 5.32 Å². The molecule has 0 aliphatic heterocycles. The summed E-state index contributed by atoms with van der Waals surface area (Å²) in [4.78, 5) is 33.4. The average molecular weight is 313 g/mol. The van der Waals surface area contributed by atoms with E-state index >= 15 is 0 Å². The van der Waals surface area contributed by atoms with Crippen molar-refractivity contribution in [3.05, 3.63) is 38.9 Å². The van der Waals surface area contributed by atoms with E-state index in [0.717, 1.165) is 6.42 Å². The third kappa shape index (κ3) is 3.13. The van der Waals surface area contributed by atoms with Crippen molar-refractivity contribution in [3.63, 3.8) is 0 Å². The van der Waals surface area contributed by atoms with Gasteiger partial charge >= 0.3 is 11.7 Å². The number of carbonyl (C=O) groups excluding carboxylic acids is 1. The van der Waals surface area contributed by atoms with Gasteiger partial charge in [-0.1, -0.05) is 17.7 Å². The van der Waals surface area contributed by atoms with Gasteiger partial charge in [0.2, 0.25) is 0 Å². The molecule has 1 aliphatic rings. The summed E-state index contributed by atoms with van der Waals surface area (Å²) in [6.45, 7) is 0. The number of rotatable bonds is 5. The molecule has 1 fully saturated rings. The van der Waals surface area contributed by atoms with Crippen LogP contribution in [0.4, 0.5) is 5.69 Å². The lowest BCUT2D eigenvalue weighted by Crippen LogP contribution is -2.54. The van der Waals surface area contributed by atoms with Crippen LogP contribution in [0.2, 0.25) is 5.02 Å². The molecule has 21 heavy (non-hydrogen) atoms. The summed E-state index contributed by atoms with van der Waals surface area (Å²) < 4.78 is 0. The predicted octanol–water partition coefficient (Wildman–Crippen LogP) is 2.38. The highest BCUT2D eigenvalue weighted by atomic mass is 35.5. The normalized spacial score (nSPS) is 15.9. The fourth-order valence-electron chi connectivity index (χ4n) is 2.43. The smallest absolute Gasteiger partial charge is 0.305 e. The number of carbonyl (C=O) groups is 2. The minimum atomic E-state index is -1.02. The number of benzene rings is 1. The molecule has 1 saturated carbocycles. The molecular weight excluding hydrogens is 300 g/mol. The zero-order valence-corrected chi connectivity index (χ0v) is 11.7. The van der Waals surface area contributed by atoms with E-state index in [1.807, 2.05) is 0 Å². The second-order valence-electron chi connectivity index (χ2n) is 5.05. The first-order valence-electron chi connectivity index (χ1n) is 6.32. The molecule has 0 heterocycles. The first-order chi connectivity index (χ1) is 9.84. The Kier molecular flexibility index (Phi) is 4.13. The van der Waals surface area contributed by atoms with Crippen molar-refractivity contribution in [2.45, 2.75) is 31.2 Å². The van der Waals surface area contributed by atoms with E-state index in [-0.39, 0.29) is 17.0 Å². The number of halogens is 1. The number of nitrogens with zero attached hydrogens (tertiary/aromatic N) is 1. The van der Waals surface area contributed by atoms with Crippen molar-refractivity contribution in [2.24, 2.45) is 0 Å². The molecule has 1 aromatic rings. The number of carboxylic acids is 1. The number of hydrogen-bond donors (Lipinski definition) is 2. The molecule has 7 nitrogen and oxygen atoms in total. The lowest BCUT2D eigenvalue weighted by Gasteiger charge is -2.41. The Hall–Kier alpha value is -2.15. The molecule has 0 saturated heterocycles. The minimum Gasteiger partial charge on any atom is -0.481 e. The van der Waals surface area contributed by atoms with Gasteiger partial charge in [0.25, 0.3) is 5.91 Å². The molecule has 1 aliphatic carbocycles. The van der Waals surface area contributed by atoms with Crippen LogP contribution in [0, 0.1) is 10.1 Å². The number of nitrogens with one attached hydrogen (secondary N) is 1. The van der Waals surface area contributed by atoms with Crippen LogP contribution >= 0.6 is 11.6 Å². The lowest BCUT2D eigenvalue weighted by atomic mass is 9.74. The highest BCUT2D eigenvalue weighted by Crippen LogP contribution is 2.36. The number of amides is 1. The van der Waals surface area contributed by atoms with Crippen LogP contribution in [0.5, 0.6) is 0 Å². The molecule has 112 valence electrons. The van der Waals surface area contributed by atoms with Crippen molar-refractivity contribution < 1.29 is 19.6 Å². The fraction of sp³-hybridized carbons (Fsp3) is 0.385. The van der Waals surface area contributed by atoms with Gasteiger partial charge in [-0.2, -0.15) is 0 Å². The number of aliphatic carboxylic acids is 1. The number of nitro groups is 1. The van der Waals surface area contributed by atoms with Gasteiger partial charge in [0.1, 0.15) is 10.6 Å². The van der Waals surface area contributed by atoms with Crippen LogP contribution in [-0.2, 0) is 4.79 Å². The summed E-state index contributed by atoms with van der Waals surface area (Å²) >= 11 is 5.76. The van der Waals surface area contributed by atoms with E-state index in [4.69, 9.17) is 16.7 Å². The summed E-state index contributed by atoms with van der Waals surface area (Å²) in [6, 6.07) is 4.06. The van der Waals surface area contributed by atoms with E-state index < -0.39 is 28.0 Å². The Bertz CT molecular complexity index is 613. The molecule has 1 amide bonds. The summed E-state index contributed by atoms with van der Waals surface area (Å²) in [5.41, 5.74) is -1.45. The Morgan fingerprint density at radius 1 is 1.43 bits per heavy atom. The molecule has 0 bridgehead atoms. The largest absolute Gasteiger partial charge is 0.481 e. The first-order valence-corrected chi connectivity index (χ1v) is 6.70. The number of carboxylic acid groups (broad SMARTS) is 1. The maximum atomic E-state index is 12.2. The number of hydrogen-bond acceptors (Lipinski definition) is 4. The molecule has 0 atom stereocenters. The van der Waals surface area contributed by atoms with Crippen LogP contribution in [-0.4, -0.2) is 27.4 Å². The van der Waals surface area contributed by atoms with Gasteiger partial charge in [0, 0.05) is 0 Å². The second kappa shape index (κ2) is 5.69. The third-order valence-corrected chi connectivity index (χ3v) is 3.90. The van der Waals surface area contributed by atoms with E-state index in [9.17, 15) is 19.7 Å². The van der Waals surface area contributed by atoms with Gasteiger partial charge in [-0.05, 0) is 31.4 Å². The van der Waals surface area contributed by atoms with E-state index in [1.54, 1.807) is 0 Å². The molecule has 1 aromatic carbocycles. The van der Waals surface area contributed by atoms with Crippen LogP contribution < -0.4 is 5.32 Å². The number of para-hydroxylation sites is 1. The minimum absolute atomic E-state index is 0.131. The summed E-state index contributed by atoms with van der Waals surface area (Å²) in [5, 5.41) is 22.4. The SMILES string of the molecule is O=C(O)CC1(NC(=O)c2cccc(Cl)c2[N+](=O)[O-])CCC1. The van der Waals surface area contributed by atoms with Crippen molar-refractivity contribution in [2.75, 3.05) is 0 Å². The topological polar surface area (TPSA) is 110 Å². The third-order valence-electron chi connectivity index (χ3n) is 3.59. The van der Waals surface area contributed by atoms with Crippen LogP contribution in [0.25, 0.3) is 0 Å². The van der Waals surface area contributed by atoms with Crippen molar-refractivity contribution in [1.82, 2.24) is 5.32 Å². The Labute approximate surface area is 125 Å². The summed E-state index contributed by atoms with van der Waals surface area (Å²) in [6.07, 6.45) is 1.69. The summed E-state index contributed by atoms with van der Waals surface area (Å²) in [5.74, 6) is -1.69. The van der Waals surface area contributed by atoms with Gasteiger partial charge < -0.3 is 10.4 Å². The molecule has 0 unspecified atom stereocenters. The highest BCUT2D eigenvalue weighted by molar-refractivity contribution is 6.33. The van der Waals surface area contributed by atoms with Crippen LogP contribution in [0.15, 0.2) is 18.2 Å². The maximum Gasteiger partial charge on any atom is 0.305 e.